The van der Waals surface area contributed by atoms with Crippen molar-refractivity contribution < 1.29 is 4.79 Å². The zero-order valence-electron chi connectivity index (χ0n) is 13.4. The highest BCUT2D eigenvalue weighted by Crippen LogP contribution is 2.40. The number of likely N-dealkylation sites (tertiary alicyclic amines) is 1. The molecule has 1 saturated carbocycles. The second-order valence-corrected chi connectivity index (χ2v) is 6.84. The minimum Gasteiger partial charge on any atom is -0.340 e. The van der Waals surface area contributed by atoms with Gasteiger partial charge in [0.25, 0.3) is 5.91 Å². The molecule has 5 nitrogen and oxygen atoms in total. The molecule has 5 heteroatoms. The quantitative estimate of drug-likeness (QED) is 0.941. The Morgan fingerprint density at radius 2 is 2.13 bits per heavy atom. The summed E-state index contributed by atoms with van der Waals surface area (Å²) < 4.78 is 1.92. The highest BCUT2D eigenvalue weighted by atomic mass is 16.2. The van der Waals surface area contributed by atoms with Gasteiger partial charge in [0.05, 0.1) is 12.0 Å². The summed E-state index contributed by atoms with van der Waals surface area (Å²) in [6.45, 7) is 1.23. The minimum absolute atomic E-state index is 0.0551. The van der Waals surface area contributed by atoms with Crippen LogP contribution in [0.4, 0.5) is 0 Å². The average Bonchev–Trinajstić information content (AvgIpc) is 3.22. The molecule has 2 N–H and O–H groups in total. The number of imidazole rings is 1. The number of carbonyl (C=O) groups excluding carboxylic acids is 1. The summed E-state index contributed by atoms with van der Waals surface area (Å²) in [7, 11) is 1.95. The lowest BCUT2D eigenvalue weighted by Gasteiger charge is -2.16. The molecule has 1 aromatic heterocycles. The summed E-state index contributed by atoms with van der Waals surface area (Å²) in [5, 5.41) is 0. The van der Waals surface area contributed by atoms with Crippen LogP contribution in [0, 0.1) is 0 Å². The third kappa shape index (κ3) is 2.77. The lowest BCUT2D eigenvalue weighted by Crippen LogP contribution is -2.32. The molecule has 1 aliphatic carbocycles. The maximum Gasteiger partial charge on any atom is 0.253 e. The van der Waals surface area contributed by atoms with Crippen LogP contribution in [0.2, 0.25) is 0 Å². The molecule has 1 saturated heterocycles. The highest BCUT2D eigenvalue weighted by Gasteiger charge is 2.35. The molecule has 2 atom stereocenters. The summed E-state index contributed by atoms with van der Waals surface area (Å²) in [5.41, 5.74) is 9.32. The molecule has 0 spiro atoms. The fourth-order valence-electron chi connectivity index (χ4n) is 3.46. The van der Waals surface area contributed by atoms with Crippen molar-refractivity contribution >= 4 is 5.91 Å². The standard InChI is InChI=1S/C18H22N4O/c1-21-10-17(20-11-21)15-8-22(9-16(15)19)18(23)14-4-2-3-13(7-14)12-5-6-12/h2-4,7,10-12,15-16H,5-6,8-9,19H2,1H3/t15-,16-/m1/s1. The summed E-state index contributed by atoms with van der Waals surface area (Å²) in [6.07, 6.45) is 6.26. The molecule has 0 unspecified atom stereocenters. The van der Waals surface area contributed by atoms with E-state index in [4.69, 9.17) is 5.73 Å². The number of hydrogen-bond donors (Lipinski definition) is 1. The molecule has 120 valence electrons. The Bertz CT molecular complexity index is 734. The number of rotatable bonds is 3. The van der Waals surface area contributed by atoms with E-state index in [-0.39, 0.29) is 17.9 Å². The van der Waals surface area contributed by atoms with Crippen molar-refractivity contribution in [1.82, 2.24) is 14.5 Å². The molecule has 2 fully saturated rings. The van der Waals surface area contributed by atoms with Gasteiger partial charge in [0.1, 0.15) is 0 Å². The number of carbonyl (C=O) groups is 1. The molecule has 2 aromatic rings. The summed E-state index contributed by atoms with van der Waals surface area (Å²) >= 11 is 0. The van der Waals surface area contributed by atoms with Crippen molar-refractivity contribution in [1.29, 1.82) is 0 Å². The smallest absolute Gasteiger partial charge is 0.253 e. The van der Waals surface area contributed by atoms with Gasteiger partial charge in [-0.25, -0.2) is 4.98 Å². The molecule has 1 amide bonds. The largest absolute Gasteiger partial charge is 0.340 e. The van der Waals surface area contributed by atoms with Crippen molar-refractivity contribution in [3.63, 3.8) is 0 Å². The van der Waals surface area contributed by atoms with Crippen LogP contribution in [0.5, 0.6) is 0 Å². The number of aromatic nitrogens is 2. The third-order valence-corrected chi connectivity index (χ3v) is 4.94. The highest BCUT2D eigenvalue weighted by molar-refractivity contribution is 5.94. The fourth-order valence-corrected chi connectivity index (χ4v) is 3.46. The van der Waals surface area contributed by atoms with Gasteiger partial charge in [-0.1, -0.05) is 12.1 Å². The first-order valence-corrected chi connectivity index (χ1v) is 8.24. The van der Waals surface area contributed by atoms with E-state index in [1.165, 1.54) is 18.4 Å². The van der Waals surface area contributed by atoms with Crippen LogP contribution < -0.4 is 5.73 Å². The summed E-state index contributed by atoms with van der Waals surface area (Å²) in [6, 6.07) is 8.03. The van der Waals surface area contributed by atoms with E-state index >= 15 is 0 Å². The average molecular weight is 310 g/mol. The maximum atomic E-state index is 12.8. The van der Waals surface area contributed by atoms with Gasteiger partial charge in [0, 0.05) is 43.9 Å². The number of amides is 1. The zero-order chi connectivity index (χ0) is 16.0. The number of nitrogens with two attached hydrogens (primary N) is 1. The van der Waals surface area contributed by atoms with E-state index in [1.807, 2.05) is 34.8 Å². The van der Waals surface area contributed by atoms with Crippen molar-refractivity contribution in [3.8, 4) is 0 Å². The van der Waals surface area contributed by atoms with Crippen molar-refractivity contribution in [2.45, 2.75) is 30.7 Å². The Balaban J connectivity index is 1.52. The summed E-state index contributed by atoms with van der Waals surface area (Å²) in [4.78, 5) is 19.1. The van der Waals surface area contributed by atoms with E-state index in [0.717, 1.165) is 11.3 Å². The Morgan fingerprint density at radius 3 is 2.83 bits per heavy atom. The van der Waals surface area contributed by atoms with Crippen LogP contribution in [0.3, 0.4) is 0 Å². The SMILES string of the molecule is Cn1cnc([C@@H]2CN(C(=O)c3cccc(C4CC4)c3)C[C@H]2N)c1. The van der Waals surface area contributed by atoms with Crippen molar-refractivity contribution in [3.05, 3.63) is 53.6 Å². The number of aryl methyl sites for hydroxylation is 1. The first kappa shape index (κ1) is 14.5. The normalized spacial score (nSPS) is 24.2. The molecule has 0 radical (unpaired) electrons. The van der Waals surface area contributed by atoms with Gasteiger partial charge in [-0.15, -0.1) is 0 Å². The van der Waals surface area contributed by atoms with Gasteiger partial charge in [-0.05, 0) is 36.5 Å². The van der Waals surface area contributed by atoms with Gasteiger partial charge in [-0.3, -0.25) is 4.79 Å². The van der Waals surface area contributed by atoms with Crippen LogP contribution in [-0.4, -0.2) is 39.5 Å². The molecule has 4 rings (SSSR count). The van der Waals surface area contributed by atoms with Gasteiger partial charge >= 0.3 is 0 Å². The van der Waals surface area contributed by atoms with E-state index in [9.17, 15) is 4.79 Å². The van der Waals surface area contributed by atoms with Gasteiger partial charge in [0.2, 0.25) is 0 Å². The lowest BCUT2D eigenvalue weighted by atomic mass is 10.0. The Labute approximate surface area is 136 Å². The van der Waals surface area contributed by atoms with Crippen LogP contribution in [0.25, 0.3) is 0 Å². The molecular weight excluding hydrogens is 288 g/mol. The van der Waals surface area contributed by atoms with Crippen LogP contribution in [0.1, 0.15) is 46.3 Å². The predicted molar refractivity (Wildman–Crippen MR) is 88.2 cm³/mol. The Kier molecular flexibility index (Phi) is 3.45. The van der Waals surface area contributed by atoms with Gasteiger partial charge in [-0.2, -0.15) is 0 Å². The molecular formula is C18H22N4O. The monoisotopic (exact) mass is 310 g/mol. The fraction of sp³-hybridized carbons (Fsp3) is 0.444. The second-order valence-electron chi connectivity index (χ2n) is 6.84. The zero-order valence-corrected chi connectivity index (χ0v) is 13.4. The van der Waals surface area contributed by atoms with E-state index < -0.39 is 0 Å². The lowest BCUT2D eigenvalue weighted by molar-refractivity contribution is 0.0789. The molecule has 1 aliphatic heterocycles. The summed E-state index contributed by atoms with van der Waals surface area (Å²) in [5.74, 6) is 0.859. The van der Waals surface area contributed by atoms with E-state index in [0.29, 0.717) is 19.0 Å². The number of benzene rings is 1. The van der Waals surface area contributed by atoms with Crippen molar-refractivity contribution in [2.75, 3.05) is 13.1 Å². The second kappa shape index (κ2) is 5.49. The Hall–Kier alpha value is -2.14. The van der Waals surface area contributed by atoms with Gasteiger partial charge in [0.15, 0.2) is 0 Å². The maximum absolute atomic E-state index is 12.8. The Morgan fingerprint density at radius 1 is 1.30 bits per heavy atom. The predicted octanol–water partition coefficient (Wildman–Crippen LogP) is 1.86. The molecule has 2 heterocycles. The first-order chi connectivity index (χ1) is 11.1. The molecule has 2 aliphatic rings. The number of nitrogens with zero attached hydrogens (tertiary/aromatic N) is 3. The number of hydrogen-bond acceptors (Lipinski definition) is 3. The van der Waals surface area contributed by atoms with Crippen molar-refractivity contribution in [2.24, 2.45) is 12.8 Å². The molecule has 23 heavy (non-hydrogen) atoms. The molecule has 1 aromatic carbocycles. The van der Waals surface area contributed by atoms with Crippen LogP contribution in [0.15, 0.2) is 36.8 Å². The minimum atomic E-state index is -0.0551. The topological polar surface area (TPSA) is 64.2 Å². The van der Waals surface area contributed by atoms with Crippen LogP contribution >= 0.6 is 0 Å². The van der Waals surface area contributed by atoms with E-state index in [1.54, 1.807) is 6.33 Å². The van der Waals surface area contributed by atoms with E-state index in [2.05, 4.69) is 17.1 Å². The third-order valence-electron chi connectivity index (χ3n) is 4.94. The molecule has 0 bridgehead atoms. The van der Waals surface area contributed by atoms with Crippen LogP contribution in [-0.2, 0) is 7.05 Å². The first-order valence-electron chi connectivity index (χ1n) is 8.24. The van der Waals surface area contributed by atoms with Gasteiger partial charge < -0.3 is 15.2 Å².